The van der Waals surface area contributed by atoms with Crippen LogP contribution in [-0.4, -0.2) is 24.2 Å². The monoisotopic (exact) mass is 511 g/mol. The van der Waals surface area contributed by atoms with Crippen LogP contribution in [0, 0.1) is 5.82 Å². The Morgan fingerprint density at radius 2 is 1.86 bits per heavy atom. The Bertz CT molecular complexity index is 1410. The van der Waals surface area contributed by atoms with Crippen molar-refractivity contribution in [1.29, 1.82) is 0 Å². The van der Waals surface area contributed by atoms with Crippen molar-refractivity contribution in [3.05, 3.63) is 88.7 Å². The topological polar surface area (TPSA) is 60.1 Å². The minimum Gasteiger partial charge on any atom is -0.489 e. The first-order valence-corrected chi connectivity index (χ1v) is 12.2. The molecule has 3 unspecified atom stereocenters. The van der Waals surface area contributed by atoms with Gasteiger partial charge in [-0.1, -0.05) is 30.3 Å². The lowest BCUT2D eigenvalue weighted by Gasteiger charge is -2.41. The molecule has 3 aromatic carbocycles. The molecule has 9 heteroatoms. The van der Waals surface area contributed by atoms with Gasteiger partial charge in [-0.25, -0.2) is 19.3 Å². The molecule has 192 valence electrons. The van der Waals surface area contributed by atoms with E-state index >= 15 is 0 Å². The summed E-state index contributed by atoms with van der Waals surface area (Å²) in [6.45, 7) is 0. The van der Waals surface area contributed by atoms with Gasteiger partial charge in [0.15, 0.2) is 0 Å². The first kappa shape index (κ1) is 23.8. The van der Waals surface area contributed by atoms with Crippen molar-refractivity contribution >= 4 is 5.96 Å². The van der Waals surface area contributed by atoms with Crippen LogP contribution in [0.2, 0.25) is 0 Å². The summed E-state index contributed by atoms with van der Waals surface area (Å²) in [5, 5.41) is 1.39. The molecule has 0 aromatic heterocycles. The summed E-state index contributed by atoms with van der Waals surface area (Å²) in [5.41, 5.74) is 7.42. The quantitative estimate of drug-likeness (QED) is 0.421. The average molecular weight is 512 g/mol. The zero-order valence-electron chi connectivity index (χ0n) is 20.1. The number of aliphatic imine (C=N–C) groups is 1. The molecule has 1 aliphatic carbocycles. The third kappa shape index (κ3) is 4.11. The van der Waals surface area contributed by atoms with Crippen LogP contribution in [0.4, 0.5) is 17.6 Å². The van der Waals surface area contributed by atoms with Crippen LogP contribution in [0.15, 0.2) is 65.7 Å². The van der Waals surface area contributed by atoms with E-state index in [1.807, 2.05) is 12.1 Å². The molecule has 2 heterocycles. The predicted octanol–water partition coefficient (Wildman–Crippen LogP) is 6.13. The molecule has 2 N–H and O–H groups in total. The van der Waals surface area contributed by atoms with Crippen molar-refractivity contribution in [1.82, 2.24) is 5.06 Å². The number of alkyl halides is 3. The maximum Gasteiger partial charge on any atom is 0.416 e. The smallest absolute Gasteiger partial charge is 0.416 e. The molecule has 37 heavy (non-hydrogen) atoms. The Labute approximate surface area is 211 Å². The number of hydroxylamine groups is 2. The van der Waals surface area contributed by atoms with Crippen molar-refractivity contribution in [2.75, 3.05) is 7.05 Å². The molecule has 5 nitrogen and oxygen atoms in total. The van der Waals surface area contributed by atoms with Gasteiger partial charge in [-0.15, -0.1) is 0 Å². The first-order valence-electron chi connectivity index (χ1n) is 12.2. The number of halogens is 4. The Morgan fingerprint density at radius 1 is 1.05 bits per heavy atom. The summed E-state index contributed by atoms with van der Waals surface area (Å²) in [6, 6.07) is 15.8. The second kappa shape index (κ2) is 8.48. The van der Waals surface area contributed by atoms with Crippen LogP contribution < -0.4 is 10.5 Å². The normalized spacial score (nSPS) is 24.9. The fourth-order valence-electron chi connectivity index (χ4n) is 5.77. The number of hydrogen-bond donors (Lipinski definition) is 1. The predicted molar refractivity (Wildman–Crippen MR) is 130 cm³/mol. The SMILES string of the molecule is CN1OC2(CC(C3CCCc4ccccc43)Oc3ccc(-c4cc(F)cc(C(F)(F)F)c4)cc32)N=C1N. The van der Waals surface area contributed by atoms with E-state index in [2.05, 4.69) is 17.1 Å². The van der Waals surface area contributed by atoms with Crippen molar-refractivity contribution in [3.8, 4) is 16.9 Å². The molecule has 0 saturated heterocycles. The third-order valence-corrected chi connectivity index (χ3v) is 7.49. The summed E-state index contributed by atoms with van der Waals surface area (Å²) in [7, 11) is 1.65. The minimum atomic E-state index is -4.67. The maximum absolute atomic E-state index is 14.2. The van der Waals surface area contributed by atoms with E-state index in [1.165, 1.54) is 16.2 Å². The fraction of sp³-hybridized carbons (Fsp3) is 0.321. The zero-order chi connectivity index (χ0) is 25.9. The summed E-state index contributed by atoms with van der Waals surface area (Å²) in [6.07, 6.45) is -1.56. The lowest BCUT2D eigenvalue weighted by molar-refractivity contribution is -0.192. The van der Waals surface area contributed by atoms with Crippen LogP contribution in [0.3, 0.4) is 0 Å². The van der Waals surface area contributed by atoms with Gasteiger partial charge in [0.05, 0.1) is 11.1 Å². The second-order valence-electron chi connectivity index (χ2n) is 9.84. The molecule has 3 atom stereocenters. The molecule has 0 radical (unpaired) electrons. The van der Waals surface area contributed by atoms with Gasteiger partial charge in [0.2, 0.25) is 11.7 Å². The maximum atomic E-state index is 14.2. The molecule has 0 bridgehead atoms. The number of nitrogens with zero attached hydrogens (tertiary/aromatic N) is 2. The summed E-state index contributed by atoms with van der Waals surface area (Å²) < 4.78 is 60.7. The highest BCUT2D eigenvalue weighted by molar-refractivity contribution is 5.79. The number of ether oxygens (including phenoxy) is 1. The van der Waals surface area contributed by atoms with Crippen LogP contribution >= 0.6 is 0 Å². The largest absolute Gasteiger partial charge is 0.489 e. The highest BCUT2D eigenvalue weighted by atomic mass is 19.4. The van der Waals surface area contributed by atoms with E-state index in [1.54, 1.807) is 25.2 Å². The Balaban J connectivity index is 1.44. The summed E-state index contributed by atoms with van der Waals surface area (Å²) in [5.74, 6) is -0.143. The number of hydrogen-bond acceptors (Lipinski definition) is 5. The molecular formula is C28H25F4N3O2. The van der Waals surface area contributed by atoms with Gasteiger partial charge in [0.25, 0.3) is 0 Å². The molecule has 3 aliphatic rings. The Morgan fingerprint density at radius 3 is 2.62 bits per heavy atom. The van der Waals surface area contributed by atoms with E-state index in [0.717, 1.165) is 31.4 Å². The Hall–Kier alpha value is -3.59. The van der Waals surface area contributed by atoms with Crippen LogP contribution in [0.5, 0.6) is 5.75 Å². The van der Waals surface area contributed by atoms with E-state index in [-0.39, 0.29) is 23.5 Å². The number of rotatable bonds is 2. The molecule has 1 spiro atoms. The van der Waals surface area contributed by atoms with Crippen LogP contribution in [0.1, 0.15) is 47.4 Å². The number of fused-ring (bicyclic) bond motifs is 3. The van der Waals surface area contributed by atoms with Crippen molar-refractivity contribution in [2.45, 2.75) is 49.6 Å². The standard InChI is InChI=1S/C28H25F4N3O2/c1-35-26(33)34-27(37-35)15-25(22-8-4-6-16-5-2-3-7-21(16)22)36-24-10-9-17(13-23(24)27)18-11-19(28(30,31)32)14-20(29)12-18/h2-3,5,7,9-14,22,25H,4,6,8,15H2,1H3,(H2,33,34). The number of nitrogens with two attached hydrogens (primary N) is 1. The van der Waals surface area contributed by atoms with Gasteiger partial charge in [-0.3, -0.25) is 0 Å². The van der Waals surface area contributed by atoms with Crippen LogP contribution in [-0.2, 0) is 23.2 Å². The lowest BCUT2D eigenvalue weighted by atomic mass is 9.76. The molecule has 0 fully saturated rings. The lowest BCUT2D eigenvalue weighted by Crippen LogP contribution is -2.42. The molecule has 0 saturated carbocycles. The van der Waals surface area contributed by atoms with Gasteiger partial charge in [-0.05, 0) is 71.8 Å². The molecular weight excluding hydrogens is 486 g/mol. The highest BCUT2D eigenvalue weighted by Gasteiger charge is 2.50. The number of guanidine groups is 1. The van der Waals surface area contributed by atoms with Gasteiger partial charge < -0.3 is 10.5 Å². The fourth-order valence-corrected chi connectivity index (χ4v) is 5.77. The average Bonchev–Trinajstić information content (AvgIpc) is 3.15. The van der Waals surface area contributed by atoms with E-state index < -0.39 is 23.3 Å². The van der Waals surface area contributed by atoms with Crippen molar-refractivity contribution in [2.24, 2.45) is 10.7 Å². The van der Waals surface area contributed by atoms with Crippen molar-refractivity contribution in [3.63, 3.8) is 0 Å². The first-order chi connectivity index (χ1) is 17.6. The highest BCUT2D eigenvalue weighted by Crippen LogP contribution is 2.51. The number of benzene rings is 3. The minimum absolute atomic E-state index is 0.0944. The molecule has 2 aliphatic heterocycles. The van der Waals surface area contributed by atoms with E-state index in [9.17, 15) is 17.6 Å². The molecule has 3 aromatic rings. The van der Waals surface area contributed by atoms with Crippen LogP contribution in [0.25, 0.3) is 11.1 Å². The van der Waals surface area contributed by atoms with E-state index in [4.69, 9.17) is 15.3 Å². The van der Waals surface area contributed by atoms with Gasteiger partial charge in [0.1, 0.15) is 17.7 Å². The molecule has 6 rings (SSSR count). The summed E-state index contributed by atoms with van der Waals surface area (Å²) >= 11 is 0. The third-order valence-electron chi connectivity index (χ3n) is 7.49. The molecule has 0 amide bonds. The van der Waals surface area contributed by atoms with Gasteiger partial charge in [-0.2, -0.15) is 13.2 Å². The van der Waals surface area contributed by atoms with Crippen molar-refractivity contribution < 1.29 is 27.1 Å². The van der Waals surface area contributed by atoms with Gasteiger partial charge in [0, 0.05) is 19.4 Å². The second-order valence-corrected chi connectivity index (χ2v) is 9.84. The summed E-state index contributed by atoms with van der Waals surface area (Å²) in [4.78, 5) is 10.9. The van der Waals surface area contributed by atoms with E-state index in [0.29, 0.717) is 29.4 Å². The zero-order valence-corrected chi connectivity index (χ0v) is 20.1. The Kier molecular flexibility index (Phi) is 5.45. The number of aryl methyl sites for hydroxylation is 1. The van der Waals surface area contributed by atoms with Gasteiger partial charge >= 0.3 is 6.18 Å².